The van der Waals surface area contributed by atoms with Gasteiger partial charge in [-0.2, -0.15) is 32.0 Å². The van der Waals surface area contributed by atoms with Gasteiger partial charge in [0, 0.05) is 5.69 Å². The van der Waals surface area contributed by atoms with Crippen LogP contribution in [0.5, 0.6) is 11.5 Å². The maximum absolute atomic E-state index is 13.1. The van der Waals surface area contributed by atoms with Gasteiger partial charge in [0.05, 0.1) is 38.5 Å². The number of anilines is 2. The molecule has 6 aromatic rings. The summed E-state index contributed by atoms with van der Waals surface area (Å²) in [7, 11) is -9.75. The third kappa shape index (κ3) is 11.6. The minimum absolute atomic E-state index is 0. The standard InChI is InChI=1S/C32H24N8O10S2.3Na/c41-26-11-10-21(14-24(26)29(43)44)40-39-20-8-6-19(7-9-20)34-31-36-30(33-18-4-2-1-3-5-18)37-32(38-31)35-25-15-22(51(45,46)47)12-17-13-23(52(48,49)50)16-27(42)28(17)25;;;/h1-16,41-42H,(H,43,44)(H,45,46,47)(H,48,49,50)(H3,33,34,35,36,37,38);;;/q;3*+1/p-3. The molecule has 0 atom stereocenters. The number of para-hydroxylation sites is 1. The normalized spacial score (nSPS) is 12.1. The van der Waals surface area contributed by atoms with Crippen molar-refractivity contribution in [3.63, 3.8) is 0 Å². The molecule has 6 rings (SSSR count). The Bertz CT molecular complexity index is 2780. The molecule has 5 aromatic carbocycles. The van der Waals surface area contributed by atoms with Crippen LogP contribution in [-0.4, -0.2) is 46.9 Å². The summed E-state index contributed by atoms with van der Waals surface area (Å²) in [5.41, 5.74) is 0.411. The average molecular weight is 811 g/mol. The summed E-state index contributed by atoms with van der Waals surface area (Å²) >= 11 is 0. The van der Waals surface area contributed by atoms with Crippen molar-refractivity contribution in [2.75, 3.05) is 5.32 Å². The summed E-state index contributed by atoms with van der Waals surface area (Å²) in [6.07, 6.45) is 0. The number of hydrogen-bond donors (Lipinski definition) is 5. The van der Waals surface area contributed by atoms with Gasteiger partial charge < -0.3 is 25.4 Å². The van der Waals surface area contributed by atoms with Crippen molar-refractivity contribution in [3.05, 3.63) is 114 Å². The third-order valence-corrected chi connectivity index (χ3v) is 8.70. The molecule has 264 valence electrons. The maximum Gasteiger partial charge on any atom is 1.00 e. The van der Waals surface area contributed by atoms with Crippen LogP contribution < -0.4 is 121 Å². The second kappa shape index (κ2) is 18.9. The van der Waals surface area contributed by atoms with E-state index in [0.717, 1.165) is 30.3 Å². The minimum Gasteiger partial charge on any atom is -0.872 e. The van der Waals surface area contributed by atoms with E-state index in [9.17, 15) is 46.1 Å². The van der Waals surface area contributed by atoms with Gasteiger partial charge in [-0.3, -0.25) is 19.1 Å². The molecule has 0 aliphatic rings. The number of benzene rings is 5. The van der Waals surface area contributed by atoms with Crippen LogP contribution in [0.2, 0.25) is 0 Å². The van der Waals surface area contributed by atoms with Crippen LogP contribution in [0.4, 0.5) is 34.4 Å². The Hall–Kier alpha value is -3.74. The Morgan fingerprint density at radius 1 is 0.691 bits per heavy atom. The summed E-state index contributed by atoms with van der Waals surface area (Å²) in [4.78, 5) is 28.5. The number of hydrogen-bond acceptors (Lipinski definition) is 14. The first-order valence-corrected chi connectivity index (χ1v) is 17.4. The number of carboxylic acid groups (broad SMARTS) is 1. The van der Waals surface area contributed by atoms with E-state index in [0.29, 0.717) is 23.1 Å². The van der Waals surface area contributed by atoms with Gasteiger partial charge in [-0.1, -0.05) is 35.8 Å². The number of carbonyl (C=O) groups excluding carboxylic acids is 1. The second-order valence-corrected chi connectivity index (χ2v) is 13.5. The zero-order valence-corrected chi connectivity index (χ0v) is 36.6. The number of fused-ring (bicyclic) bond motifs is 1. The SMILES string of the molecule is O=C([O-])c1cc(N=Nc2ccc(Nc3nc(=Nc4ccccc4)[nH]c(=Nc4cc(S(=O)(=O)O)cc5cc(S(=O)(=O)O)cc([O-])c45)[nH]3)cc2)ccc1[O-].[Na+].[Na+].[Na+]. The first-order valence-electron chi connectivity index (χ1n) is 14.5. The predicted molar refractivity (Wildman–Crippen MR) is 177 cm³/mol. The molecule has 55 heavy (non-hydrogen) atoms. The fourth-order valence-corrected chi connectivity index (χ4v) is 5.78. The van der Waals surface area contributed by atoms with Gasteiger partial charge in [0.25, 0.3) is 20.2 Å². The van der Waals surface area contributed by atoms with Gasteiger partial charge in [-0.15, -0.1) is 0 Å². The Morgan fingerprint density at radius 2 is 1.29 bits per heavy atom. The molecular weight excluding hydrogens is 790 g/mol. The number of aromatic nitrogens is 3. The number of nitrogens with zero attached hydrogens (tertiary/aromatic N) is 5. The quantitative estimate of drug-likeness (QED) is 0.0518. The molecule has 0 saturated heterocycles. The van der Waals surface area contributed by atoms with E-state index >= 15 is 0 Å². The molecule has 0 aliphatic heterocycles. The maximum atomic E-state index is 13.1. The zero-order valence-electron chi connectivity index (χ0n) is 29.0. The molecular formula is C32H21N8Na3O10S2. The number of carboxylic acids is 1. The van der Waals surface area contributed by atoms with Crippen LogP contribution >= 0.6 is 0 Å². The third-order valence-electron chi connectivity index (χ3n) is 7.04. The molecule has 23 heteroatoms. The van der Waals surface area contributed by atoms with Crippen LogP contribution in [-0.2, 0) is 20.2 Å². The Kier molecular flexibility index (Phi) is 15.7. The predicted octanol–water partition coefficient (Wildman–Crippen LogP) is -6.47. The van der Waals surface area contributed by atoms with E-state index in [4.69, 9.17) is 0 Å². The van der Waals surface area contributed by atoms with Crippen LogP contribution in [0.25, 0.3) is 10.8 Å². The Morgan fingerprint density at radius 3 is 1.91 bits per heavy atom. The average Bonchev–Trinajstić information content (AvgIpc) is 3.07. The fraction of sp³-hybridized carbons (Fsp3) is 0. The molecule has 1 aromatic heterocycles. The van der Waals surface area contributed by atoms with Crippen molar-refractivity contribution in [1.29, 1.82) is 0 Å². The number of carbonyl (C=O) groups is 1. The smallest absolute Gasteiger partial charge is 0.872 e. The van der Waals surface area contributed by atoms with Crippen molar-refractivity contribution >= 4 is 71.4 Å². The zero-order chi connectivity index (χ0) is 37.2. The minimum atomic E-state index is -4.89. The number of aromatic amines is 2. The first kappa shape index (κ1) is 45.6. The summed E-state index contributed by atoms with van der Waals surface area (Å²) in [5.74, 6) is -3.24. The van der Waals surface area contributed by atoms with Crippen molar-refractivity contribution in [1.82, 2.24) is 15.0 Å². The molecule has 0 radical (unpaired) electrons. The van der Waals surface area contributed by atoms with Crippen molar-refractivity contribution < 1.29 is 135 Å². The van der Waals surface area contributed by atoms with Crippen LogP contribution in [0.1, 0.15) is 10.4 Å². The molecule has 1 heterocycles. The Labute approximate surface area is 377 Å². The molecule has 5 N–H and O–H groups in total. The Balaban J connectivity index is 0.00000271. The number of azo groups is 1. The second-order valence-electron chi connectivity index (χ2n) is 10.7. The van der Waals surface area contributed by atoms with E-state index in [1.165, 1.54) is 6.07 Å². The van der Waals surface area contributed by atoms with Gasteiger partial charge >= 0.3 is 88.7 Å². The number of rotatable bonds is 9. The van der Waals surface area contributed by atoms with Crippen molar-refractivity contribution in [2.45, 2.75) is 9.79 Å². The molecule has 0 bridgehead atoms. The van der Waals surface area contributed by atoms with Crippen LogP contribution in [0.3, 0.4) is 0 Å². The van der Waals surface area contributed by atoms with E-state index < -0.39 is 53.1 Å². The topological polar surface area (TPSA) is 301 Å². The molecule has 0 saturated carbocycles. The number of aromatic carboxylic acids is 1. The van der Waals surface area contributed by atoms with Crippen LogP contribution in [0.15, 0.2) is 127 Å². The summed E-state index contributed by atoms with van der Waals surface area (Å²) in [5, 5.41) is 46.4. The summed E-state index contributed by atoms with van der Waals surface area (Å²) in [6.45, 7) is 0. The first-order chi connectivity index (χ1) is 24.6. The van der Waals surface area contributed by atoms with Crippen molar-refractivity contribution in [3.8, 4) is 11.5 Å². The molecule has 0 spiro atoms. The molecule has 0 fully saturated rings. The monoisotopic (exact) mass is 810 g/mol. The number of H-pyrrole nitrogens is 2. The molecule has 0 amide bonds. The molecule has 0 aliphatic carbocycles. The van der Waals surface area contributed by atoms with Gasteiger partial charge in [-0.25, -0.2) is 9.98 Å². The van der Waals surface area contributed by atoms with Crippen LogP contribution in [0, 0.1) is 0 Å². The molecule has 18 nitrogen and oxygen atoms in total. The van der Waals surface area contributed by atoms with E-state index in [1.54, 1.807) is 54.6 Å². The molecule has 0 unspecified atom stereocenters. The van der Waals surface area contributed by atoms with E-state index in [2.05, 4.69) is 40.5 Å². The van der Waals surface area contributed by atoms with E-state index in [-0.39, 0.29) is 128 Å². The van der Waals surface area contributed by atoms with Crippen molar-refractivity contribution in [2.24, 2.45) is 20.2 Å². The number of nitrogens with one attached hydrogen (secondary N) is 3. The van der Waals surface area contributed by atoms with Gasteiger partial charge in [0.15, 0.2) is 0 Å². The summed E-state index contributed by atoms with van der Waals surface area (Å²) < 4.78 is 67.1. The fourth-order valence-electron chi connectivity index (χ4n) is 4.71. The largest absolute Gasteiger partial charge is 1.00 e. The van der Waals surface area contributed by atoms with Gasteiger partial charge in [0.1, 0.15) is 0 Å². The van der Waals surface area contributed by atoms with E-state index in [1.807, 2.05) is 0 Å². The van der Waals surface area contributed by atoms with Gasteiger partial charge in [-0.05, 0) is 89.1 Å². The summed E-state index contributed by atoms with van der Waals surface area (Å²) in [6, 6.07) is 21.6. The van der Waals surface area contributed by atoms with Gasteiger partial charge in [0.2, 0.25) is 17.2 Å².